The number of hydrogen-bond acceptors (Lipinski definition) is 6. The lowest BCUT2D eigenvalue weighted by Gasteiger charge is -2.48. The number of anilines is 2. The van der Waals surface area contributed by atoms with Crippen molar-refractivity contribution in [3.05, 3.63) is 140 Å². The molecular weight excluding hydrogens is 484 g/mol. The number of fused-ring (bicyclic) bond motifs is 4. The van der Waals surface area contributed by atoms with Gasteiger partial charge in [0.25, 0.3) is 17.3 Å². The zero-order chi connectivity index (χ0) is 26.4. The van der Waals surface area contributed by atoms with Crippen molar-refractivity contribution in [1.82, 2.24) is 0 Å². The van der Waals surface area contributed by atoms with Gasteiger partial charge in [0, 0.05) is 35.2 Å². The van der Waals surface area contributed by atoms with E-state index in [1.165, 1.54) is 12.1 Å². The molecule has 1 unspecified atom stereocenters. The monoisotopic (exact) mass is 506 g/mol. The van der Waals surface area contributed by atoms with Gasteiger partial charge in [-0.1, -0.05) is 54.6 Å². The van der Waals surface area contributed by atoms with Crippen LogP contribution in [0.2, 0.25) is 0 Å². The van der Waals surface area contributed by atoms with Gasteiger partial charge in [-0.3, -0.25) is 29.9 Å². The second-order valence-corrected chi connectivity index (χ2v) is 9.65. The van der Waals surface area contributed by atoms with Crippen LogP contribution in [0.25, 0.3) is 0 Å². The fourth-order valence-corrected chi connectivity index (χ4v) is 5.88. The highest BCUT2D eigenvalue weighted by Crippen LogP contribution is 2.50. The van der Waals surface area contributed by atoms with Gasteiger partial charge < -0.3 is 5.32 Å². The van der Waals surface area contributed by atoms with Crippen molar-refractivity contribution in [3.63, 3.8) is 0 Å². The van der Waals surface area contributed by atoms with Gasteiger partial charge in [0.2, 0.25) is 0 Å². The molecule has 9 nitrogen and oxygen atoms in total. The Hall–Kier alpha value is -5.05. The van der Waals surface area contributed by atoms with Gasteiger partial charge in [-0.15, -0.1) is 0 Å². The maximum atomic E-state index is 13.8. The van der Waals surface area contributed by atoms with Gasteiger partial charge in [0.15, 0.2) is 0 Å². The molecule has 1 atom stereocenters. The molecule has 6 rings (SSSR count). The minimum absolute atomic E-state index is 0.0207. The molecule has 0 saturated heterocycles. The predicted molar refractivity (Wildman–Crippen MR) is 142 cm³/mol. The number of nitrogens with one attached hydrogen (secondary N) is 1. The molecule has 0 radical (unpaired) electrons. The summed E-state index contributed by atoms with van der Waals surface area (Å²) in [6.45, 7) is 0. The van der Waals surface area contributed by atoms with E-state index < -0.39 is 21.4 Å². The Kier molecular flexibility index (Phi) is 5.41. The molecule has 0 fully saturated rings. The average molecular weight is 507 g/mol. The molecule has 2 aliphatic rings. The third-order valence-electron chi connectivity index (χ3n) is 7.43. The molecule has 4 aromatic carbocycles. The summed E-state index contributed by atoms with van der Waals surface area (Å²) in [5.74, 6) is -0.142. The molecule has 1 N–H and O–H groups in total. The lowest BCUT2D eigenvalue weighted by atomic mass is 9.65. The van der Waals surface area contributed by atoms with E-state index in [0.717, 1.165) is 28.1 Å². The number of para-hydroxylation sites is 2. The molecule has 4 aromatic rings. The number of carbonyl (C=O) groups excluding carboxylic acids is 1. The molecule has 0 aliphatic carbocycles. The molecule has 0 aromatic heterocycles. The Labute approximate surface area is 217 Å². The maximum Gasteiger partial charge on any atom is 0.269 e. The van der Waals surface area contributed by atoms with Gasteiger partial charge >= 0.3 is 0 Å². The molecule has 2 aliphatic heterocycles. The van der Waals surface area contributed by atoms with Crippen LogP contribution in [0.3, 0.4) is 0 Å². The third-order valence-corrected chi connectivity index (χ3v) is 7.43. The minimum atomic E-state index is -0.812. The highest BCUT2D eigenvalue weighted by Gasteiger charge is 2.54. The van der Waals surface area contributed by atoms with Crippen LogP contribution in [-0.2, 0) is 18.3 Å². The topological polar surface area (TPSA) is 119 Å². The standard InChI is InChI=1S/C29H22N4O5/c34-27-23-11-1-2-12-24(23)29(17-19-7-5-9-21(15-19)32(35)36,18-20-8-6-10-22(16-20)33(37)38)28-30-25-13-3-4-14-26(25)31(27)28/h1-16,28,30H,17-18H2. The van der Waals surface area contributed by atoms with Crippen molar-refractivity contribution >= 4 is 28.7 Å². The Balaban J connectivity index is 1.59. The van der Waals surface area contributed by atoms with E-state index in [0.29, 0.717) is 18.4 Å². The minimum Gasteiger partial charge on any atom is -0.362 e. The zero-order valence-corrected chi connectivity index (χ0v) is 20.1. The first kappa shape index (κ1) is 23.4. The highest BCUT2D eigenvalue weighted by atomic mass is 16.6. The van der Waals surface area contributed by atoms with Crippen LogP contribution in [0.4, 0.5) is 22.7 Å². The van der Waals surface area contributed by atoms with Crippen LogP contribution in [0.15, 0.2) is 97.1 Å². The molecular formula is C29H22N4O5. The van der Waals surface area contributed by atoms with Gasteiger partial charge in [0.1, 0.15) is 6.17 Å². The molecule has 0 spiro atoms. The maximum absolute atomic E-state index is 13.8. The fourth-order valence-electron chi connectivity index (χ4n) is 5.88. The largest absolute Gasteiger partial charge is 0.362 e. The van der Waals surface area contributed by atoms with E-state index in [-0.39, 0.29) is 17.3 Å². The summed E-state index contributed by atoms with van der Waals surface area (Å²) in [5, 5.41) is 26.7. The summed E-state index contributed by atoms with van der Waals surface area (Å²) in [6, 6.07) is 28.0. The fraction of sp³-hybridized carbons (Fsp3) is 0.138. The number of amides is 1. The van der Waals surface area contributed by atoms with E-state index in [1.807, 2.05) is 54.6 Å². The molecule has 38 heavy (non-hydrogen) atoms. The number of benzene rings is 4. The van der Waals surface area contributed by atoms with Crippen LogP contribution in [0, 0.1) is 20.2 Å². The van der Waals surface area contributed by atoms with Crippen molar-refractivity contribution in [1.29, 1.82) is 0 Å². The van der Waals surface area contributed by atoms with E-state index in [2.05, 4.69) is 5.32 Å². The summed E-state index contributed by atoms with van der Waals surface area (Å²) in [5.41, 5.74) is 3.50. The molecule has 0 bridgehead atoms. The smallest absolute Gasteiger partial charge is 0.269 e. The first-order valence-corrected chi connectivity index (χ1v) is 12.1. The van der Waals surface area contributed by atoms with Gasteiger partial charge in [-0.2, -0.15) is 0 Å². The second-order valence-electron chi connectivity index (χ2n) is 9.65. The van der Waals surface area contributed by atoms with E-state index >= 15 is 0 Å². The van der Waals surface area contributed by atoms with Gasteiger partial charge in [0.05, 0.1) is 21.2 Å². The lowest BCUT2D eigenvalue weighted by molar-refractivity contribution is -0.385. The van der Waals surface area contributed by atoms with Crippen molar-refractivity contribution in [3.8, 4) is 0 Å². The molecule has 1 amide bonds. The number of hydrogen-bond donors (Lipinski definition) is 1. The lowest BCUT2D eigenvalue weighted by Crippen LogP contribution is -2.60. The Morgan fingerprint density at radius 1 is 0.763 bits per heavy atom. The third kappa shape index (κ3) is 3.67. The van der Waals surface area contributed by atoms with Crippen LogP contribution >= 0.6 is 0 Å². The molecule has 9 heteroatoms. The van der Waals surface area contributed by atoms with Crippen LogP contribution in [0.5, 0.6) is 0 Å². The van der Waals surface area contributed by atoms with E-state index in [1.54, 1.807) is 35.2 Å². The van der Waals surface area contributed by atoms with Crippen LogP contribution in [-0.4, -0.2) is 21.9 Å². The summed E-state index contributed by atoms with van der Waals surface area (Å²) in [7, 11) is 0. The SMILES string of the molecule is O=C1c2ccccc2C(Cc2cccc([N+](=O)[O-])c2)(Cc2cccc([N+](=O)[O-])c2)C2Nc3ccccc3N12. The van der Waals surface area contributed by atoms with E-state index in [4.69, 9.17) is 0 Å². The molecule has 2 heterocycles. The molecule has 188 valence electrons. The first-order chi connectivity index (χ1) is 18.4. The van der Waals surface area contributed by atoms with Crippen molar-refractivity contribution in [2.24, 2.45) is 0 Å². The van der Waals surface area contributed by atoms with Gasteiger partial charge in [-0.25, -0.2) is 0 Å². The first-order valence-electron chi connectivity index (χ1n) is 12.1. The number of nitrogens with zero attached hydrogens (tertiary/aromatic N) is 3. The Bertz CT molecular complexity index is 1560. The zero-order valence-electron chi connectivity index (χ0n) is 20.1. The van der Waals surface area contributed by atoms with Crippen molar-refractivity contribution in [2.45, 2.75) is 24.4 Å². The number of nitro benzene ring substituents is 2. The van der Waals surface area contributed by atoms with E-state index in [9.17, 15) is 25.0 Å². The number of non-ortho nitro benzene ring substituents is 2. The summed E-state index contributed by atoms with van der Waals surface area (Å²) in [6.07, 6.45) is 0.175. The summed E-state index contributed by atoms with van der Waals surface area (Å²) in [4.78, 5) is 37.9. The van der Waals surface area contributed by atoms with Crippen LogP contribution < -0.4 is 10.2 Å². The van der Waals surface area contributed by atoms with Gasteiger partial charge in [-0.05, 0) is 47.7 Å². The normalized spacial score (nSPS) is 16.7. The predicted octanol–water partition coefficient (Wildman–Crippen LogP) is 5.64. The molecule has 0 saturated carbocycles. The van der Waals surface area contributed by atoms with Crippen molar-refractivity contribution < 1.29 is 14.6 Å². The Morgan fingerprint density at radius 2 is 1.34 bits per heavy atom. The number of rotatable bonds is 6. The van der Waals surface area contributed by atoms with Crippen molar-refractivity contribution in [2.75, 3.05) is 10.2 Å². The summed E-state index contributed by atoms with van der Waals surface area (Å²) < 4.78 is 0. The number of carbonyl (C=O) groups is 1. The van der Waals surface area contributed by atoms with Crippen LogP contribution in [0.1, 0.15) is 27.0 Å². The second kappa shape index (κ2) is 8.81. The summed E-state index contributed by atoms with van der Waals surface area (Å²) >= 11 is 0. The highest BCUT2D eigenvalue weighted by molar-refractivity contribution is 6.12. The Morgan fingerprint density at radius 3 is 1.97 bits per heavy atom. The quantitative estimate of drug-likeness (QED) is 0.267. The average Bonchev–Trinajstić information content (AvgIpc) is 3.33. The number of nitro groups is 2.